The summed E-state index contributed by atoms with van der Waals surface area (Å²) in [5, 5.41) is 0. The summed E-state index contributed by atoms with van der Waals surface area (Å²) in [7, 11) is 2.29. The first-order valence-corrected chi connectivity index (χ1v) is 5.33. The lowest BCUT2D eigenvalue weighted by Crippen LogP contribution is -2.08. The fourth-order valence-corrected chi connectivity index (χ4v) is 1.74. The standard InChI is InChI=1S/C8H15NOSi/c1-10-11-7-9-8-5-3-2-4-6-8/h2-7H2,1H3. The predicted molar refractivity (Wildman–Crippen MR) is 48.2 cm³/mol. The van der Waals surface area contributed by atoms with Crippen molar-refractivity contribution in [2.45, 2.75) is 32.1 Å². The van der Waals surface area contributed by atoms with E-state index in [0.29, 0.717) is 9.76 Å². The largest absolute Gasteiger partial charge is 0.419 e. The molecule has 1 saturated carbocycles. The van der Waals surface area contributed by atoms with Gasteiger partial charge in [0.2, 0.25) is 0 Å². The highest BCUT2D eigenvalue weighted by molar-refractivity contribution is 6.27. The van der Waals surface area contributed by atoms with E-state index in [4.69, 9.17) is 4.43 Å². The molecule has 1 fully saturated rings. The summed E-state index contributed by atoms with van der Waals surface area (Å²) in [4.78, 5) is 4.48. The maximum absolute atomic E-state index is 4.95. The molecule has 0 heterocycles. The van der Waals surface area contributed by atoms with Gasteiger partial charge in [-0.05, 0) is 25.7 Å². The topological polar surface area (TPSA) is 21.6 Å². The maximum Gasteiger partial charge on any atom is 0.252 e. The van der Waals surface area contributed by atoms with Crippen molar-refractivity contribution in [1.82, 2.24) is 0 Å². The molecule has 0 saturated heterocycles. The van der Waals surface area contributed by atoms with E-state index in [-0.39, 0.29) is 0 Å². The van der Waals surface area contributed by atoms with Gasteiger partial charge in [0.1, 0.15) is 0 Å². The Balaban J connectivity index is 2.15. The summed E-state index contributed by atoms with van der Waals surface area (Å²) in [6.45, 7) is 0. The molecular weight excluding hydrogens is 154 g/mol. The molecule has 1 aliphatic rings. The van der Waals surface area contributed by atoms with Crippen molar-refractivity contribution >= 4 is 15.5 Å². The highest BCUT2D eigenvalue weighted by atomic mass is 28.2. The Morgan fingerprint density at radius 1 is 1.36 bits per heavy atom. The lowest BCUT2D eigenvalue weighted by Gasteiger charge is -2.11. The van der Waals surface area contributed by atoms with E-state index in [1.807, 2.05) is 0 Å². The minimum Gasteiger partial charge on any atom is -0.419 e. The zero-order valence-corrected chi connectivity index (χ0v) is 8.10. The van der Waals surface area contributed by atoms with Crippen molar-refractivity contribution in [2.75, 3.05) is 13.3 Å². The minimum atomic E-state index is 0.552. The first-order valence-electron chi connectivity index (χ1n) is 4.21. The second-order valence-electron chi connectivity index (χ2n) is 2.79. The van der Waals surface area contributed by atoms with Gasteiger partial charge in [0.05, 0.1) is 6.17 Å². The minimum absolute atomic E-state index is 0.552. The van der Waals surface area contributed by atoms with Gasteiger partial charge in [-0.2, -0.15) is 0 Å². The average Bonchev–Trinajstić information content (AvgIpc) is 2.07. The summed E-state index contributed by atoms with van der Waals surface area (Å²) in [6, 6.07) is 0. The van der Waals surface area contributed by atoms with Crippen LogP contribution in [0.5, 0.6) is 0 Å². The molecule has 2 nitrogen and oxygen atoms in total. The van der Waals surface area contributed by atoms with Crippen LogP contribution in [-0.4, -0.2) is 28.8 Å². The number of rotatable bonds is 3. The van der Waals surface area contributed by atoms with Crippen molar-refractivity contribution in [3.8, 4) is 0 Å². The molecule has 1 rings (SSSR count). The molecular formula is C8H15NOSi. The fraction of sp³-hybridized carbons (Fsp3) is 0.875. The monoisotopic (exact) mass is 169 g/mol. The molecule has 0 aromatic rings. The van der Waals surface area contributed by atoms with E-state index in [1.54, 1.807) is 7.11 Å². The number of hydrogen-bond acceptors (Lipinski definition) is 2. The number of aliphatic imine (C=N–C) groups is 1. The van der Waals surface area contributed by atoms with Crippen molar-refractivity contribution in [1.29, 1.82) is 0 Å². The van der Waals surface area contributed by atoms with Gasteiger partial charge in [0.25, 0.3) is 9.76 Å². The van der Waals surface area contributed by atoms with Crippen LogP contribution in [0.3, 0.4) is 0 Å². The molecule has 0 spiro atoms. The molecule has 62 valence electrons. The van der Waals surface area contributed by atoms with Gasteiger partial charge in [-0.15, -0.1) is 0 Å². The first-order chi connectivity index (χ1) is 5.43. The average molecular weight is 169 g/mol. The quantitative estimate of drug-likeness (QED) is 0.464. The third-order valence-electron chi connectivity index (χ3n) is 1.94. The third-order valence-corrected chi connectivity index (χ3v) is 2.52. The van der Waals surface area contributed by atoms with Crippen molar-refractivity contribution in [3.05, 3.63) is 0 Å². The molecule has 0 aromatic carbocycles. The van der Waals surface area contributed by atoms with E-state index in [0.717, 1.165) is 6.17 Å². The Morgan fingerprint density at radius 3 is 2.73 bits per heavy atom. The Bertz CT molecular complexity index is 128. The molecule has 0 atom stereocenters. The second-order valence-corrected chi connectivity index (χ2v) is 3.80. The Hall–Kier alpha value is -0.153. The molecule has 2 radical (unpaired) electrons. The molecule has 0 aliphatic heterocycles. The molecule has 0 aromatic heterocycles. The van der Waals surface area contributed by atoms with Crippen LogP contribution in [0.25, 0.3) is 0 Å². The molecule has 3 heteroatoms. The van der Waals surface area contributed by atoms with Crippen molar-refractivity contribution in [3.63, 3.8) is 0 Å². The zero-order chi connectivity index (χ0) is 7.94. The van der Waals surface area contributed by atoms with Gasteiger partial charge in [-0.25, -0.2) is 0 Å². The molecule has 11 heavy (non-hydrogen) atoms. The van der Waals surface area contributed by atoms with E-state index in [2.05, 4.69) is 4.99 Å². The summed E-state index contributed by atoms with van der Waals surface area (Å²) in [5.74, 6) is 0. The Labute approximate surface area is 71.0 Å². The molecule has 1 aliphatic carbocycles. The van der Waals surface area contributed by atoms with E-state index in [9.17, 15) is 0 Å². The zero-order valence-electron chi connectivity index (χ0n) is 7.10. The summed E-state index contributed by atoms with van der Waals surface area (Å²) in [5.41, 5.74) is 1.42. The van der Waals surface area contributed by atoms with Crippen LogP contribution in [0.15, 0.2) is 4.99 Å². The lowest BCUT2D eigenvalue weighted by molar-refractivity contribution is 0.442. The lowest BCUT2D eigenvalue weighted by atomic mass is 9.99. The van der Waals surface area contributed by atoms with Gasteiger partial charge >= 0.3 is 0 Å². The smallest absolute Gasteiger partial charge is 0.252 e. The highest BCUT2D eigenvalue weighted by Gasteiger charge is 2.05. The van der Waals surface area contributed by atoms with E-state index >= 15 is 0 Å². The number of hydrogen-bond donors (Lipinski definition) is 0. The normalized spacial score (nSPS) is 18.5. The third kappa shape index (κ3) is 3.67. The van der Waals surface area contributed by atoms with Crippen LogP contribution in [0.1, 0.15) is 32.1 Å². The Kier molecular flexibility index (Phi) is 4.46. The maximum atomic E-state index is 4.95. The van der Waals surface area contributed by atoms with Crippen LogP contribution in [0, 0.1) is 0 Å². The van der Waals surface area contributed by atoms with Crippen LogP contribution < -0.4 is 0 Å². The van der Waals surface area contributed by atoms with Crippen molar-refractivity contribution < 1.29 is 4.43 Å². The summed E-state index contributed by atoms with van der Waals surface area (Å²) in [6.07, 6.45) is 7.42. The summed E-state index contributed by atoms with van der Waals surface area (Å²) < 4.78 is 4.95. The van der Waals surface area contributed by atoms with Gasteiger partial charge in [-0.1, -0.05) is 6.42 Å². The molecule has 0 bridgehead atoms. The van der Waals surface area contributed by atoms with Crippen molar-refractivity contribution in [2.24, 2.45) is 4.99 Å². The first kappa shape index (κ1) is 8.94. The fourth-order valence-electron chi connectivity index (χ4n) is 1.33. The second kappa shape index (κ2) is 5.49. The van der Waals surface area contributed by atoms with Gasteiger partial charge in [0.15, 0.2) is 0 Å². The van der Waals surface area contributed by atoms with E-state index < -0.39 is 0 Å². The van der Waals surface area contributed by atoms with Gasteiger partial charge in [0, 0.05) is 12.8 Å². The molecule has 0 N–H and O–H groups in total. The van der Waals surface area contributed by atoms with Crippen LogP contribution >= 0.6 is 0 Å². The van der Waals surface area contributed by atoms with E-state index in [1.165, 1.54) is 37.8 Å². The van der Waals surface area contributed by atoms with Crippen LogP contribution in [0.4, 0.5) is 0 Å². The van der Waals surface area contributed by atoms with Crippen LogP contribution in [-0.2, 0) is 4.43 Å². The number of nitrogens with zero attached hydrogens (tertiary/aromatic N) is 1. The SMILES string of the molecule is CO[Si]CN=C1CCCCC1. The van der Waals surface area contributed by atoms with Gasteiger partial charge in [-0.3, -0.25) is 4.99 Å². The predicted octanol–water partition coefficient (Wildman–Crippen LogP) is 1.61. The van der Waals surface area contributed by atoms with Gasteiger partial charge < -0.3 is 4.43 Å². The molecule has 0 amide bonds. The Morgan fingerprint density at radius 2 is 2.09 bits per heavy atom. The van der Waals surface area contributed by atoms with Crippen LogP contribution in [0.2, 0.25) is 0 Å². The summed E-state index contributed by atoms with van der Waals surface area (Å²) >= 11 is 0. The highest BCUT2D eigenvalue weighted by Crippen LogP contribution is 2.14. The molecule has 0 unspecified atom stereocenters.